The highest BCUT2D eigenvalue weighted by Crippen LogP contribution is 2.41. The Morgan fingerprint density at radius 3 is 2.25 bits per heavy atom. The quantitative estimate of drug-likeness (QED) is 0.0415. The van der Waals surface area contributed by atoms with Crippen LogP contribution in [0.5, 0.6) is 0 Å². The second kappa shape index (κ2) is 33.5. The van der Waals surface area contributed by atoms with Gasteiger partial charge in [-0.2, -0.15) is 5.53 Å². The fraction of sp³-hybridized carbons (Fsp3) is 0.933. The molecule has 3 aliphatic carbocycles. The van der Waals surface area contributed by atoms with E-state index in [2.05, 4.69) is 79.1 Å². The molecule has 0 aromatic rings. The maximum absolute atomic E-state index is 14.4. The van der Waals surface area contributed by atoms with Crippen LogP contribution in [0.1, 0.15) is 131 Å². The van der Waals surface area contributed by atoms with Crippen molar-refractivity contribution in [1.29, 1.82) is 0 Å². The van der Waals surface area contributed by atoms with Crippen LogP contribution < -0.4 is 48.3 Å². The number of likely N-dealkylation sites (tertiary alicyclic amines) is 2. The first-order valence-corrected chi connectivity index (χ1v) is 34.1. The number of carbonyl (C=O) groups is 4. The normalized spacial score (nSPS) is 34.3. The number of β-amino-alcohol motifs (C(OH)–C–C–N with tert-alkyl or cyclic N) is 1. The molecule has 0 aromatic heterocycles. The maximum Gasteiger partial charge on any atom is 0.246 e. The average Bonchev–Trinajstić information content (AvgIpc) is 4.50. The molecule has 0 radical (unpaired) electrons. The lowest BCUT2D eigenvalue weighted by Gasteiger charge is -2.45. The van der Waals surface area contributed by atoms with Crippen LogP contribution in [0.25, 0.3) is 0 Å². The number of hydrogen-bond donors (Lipinski definition) is 10. The van der Waals surface area contributed by atoms with E-state index in [0.717, 1.165) is 96.0 Å². The summed E-state index contributed by atoms with van der Waals surface area (Å²) in [5.41, 5.74) is 10.1. The van der Waals surface area contributed by atoms with Gasteiger partial charge < -0.3 is 59.9 Å². The summed E-state index contributed by atoms with van der Waals surface area (Å²) in [7, 11) is 0. The smallest absolute Gasteiger partial charge is 0.246 e. The van der Waals surface area contributed by atoms with Crippen LogP contribution in [0.15, 0.2) is 0 Å². The molecule has 16 atom stereocenters. The Morgan fingerprint density at radius 1 is 0.786 bits per heavy atom. The summed E-state index contributed by atoms with van der Waals surface area (Å²) < 4.78 is 29.8. The van der Waals surface area contributed by atoms with Gasteiger partial charge in [0.15, 0.2) is 0 Å². The van der Waals surface area contributed by atoms with E-state index < -0.39 is 18.2 Å². The highest BCUT2D eigenvalue weighted by molar-refractivity contribution is 8.00. The van der Waals surface area contributed by atoms with E-state index >= 15 is 0 Å². The molecule has 11 unspecified atom stereocenters. The van der Waals surface area contributed by atoms with Gasteiger partial charge in [0.1, 0.15) is 12.1 Å². The number of rotatable bonds is 33. The van der Waals surface area contributed by atoms with Crippen molar-refractivity contribution in [2.45, 2.75) is 203 Å². The number of hydrazine groups is 3. The monoisotopic (exact) mass is 1200 g/mol. The fourth-order valence-electron chi connectivity index (χ4n) is 15.4. The molecule has 6 aliphatic heterocycles. The Morgan fingerprint density at radius 2 is 1.52 bits per heavy atom. The van der Waals surface area contributed by atoms with Gasteiger partial charge in [0.25, 0.3) is 0 Å². The van der Waals surface area contributed by atoms with Crippen LogP contribution in [0, 0.1) is 35.5 Å². The number of fused-ring (bicyclic) bond motifs is 2. The van der Waals surface area contributed by atoms with E-state index in [4.69, 9.17) is 23.7 Å². The third kappa shape index (κ3) is 18.2. The minimum atomic E-state index is -0.801. The number of nitrogens with zero attached hydrogens (tertiary/aromatic N) is 4. The van der Waals surface area contributed by atoms with Crippen molar-refractivity contribution in [2.75, 3.05) is 118 Å². The molecule has 6 heterocycles. The zero-order valence-corrected chi connectivity index (χ0v) is 52.4. The zero-order chi connectivity index (χ0) is 59.0. The summed E-state index contributed by atoms with van der Waals surface area (Å²) in [4.78, 5) is 58.2. The Kier molecular flexibility index (Phi) is 26.3. The first-order valence-electron chi connectivity index (χ1n) is 33.0. The number of hydrogen-bond acceptors (Lipinski definition) is 20. The van der Waals surface area contributed by atoms with Crippen LogP contribution >= 0.6 is 11.8 Å². The number of carbonyl (C=O) groups excluding carboxylic acids is 4. The Bertz CT molecular complexity index is 2040. The summed E-state index contributed by atoms with van der Waals surface area (Å²) in [5, 5.41) is 37.2. The van der Waals surface area contributed by atoms with Gasteiger partial charge in [0.2, 0.25) is 23.6 Å². The second-order valence-corrected chi connectivity index (χ2v) is 27.3. The minimum absolute atomic E-state index is 0.00956. The Balaban J connectivity index is 0.581. The number of thioether (sulfide) groups is 1. The molecule has 10 N–H and O–H groups in total. The van der Waals surface area contributed by atoms with Crippen molar-refractivity contribution in [3.8, 4) is 0 Å². The highest BCUT2D eigenvalue weighted by atomic mass is 32.2. The van der Waals surface area contributed by atoms with E-state index in [1.165, 1.54) is 12.8 Å². The predicted molar refractivity (Wildman–Crippen MR) is 322 cm³/mol. The van der Waals surface area contributed by atoms with Crippen molar-refractivity contribution < 1.29 is 48.0 Å². The maximum atomic E-state index is 14.4. The lowest BCUT2D eigenvalue weighted by Crippen LogP contribution is -2.66. The Hall–Kier alpha value is -2.37. The van der Waals surface area contributed by atoms with Crippen molar-refractivity contribution in [1.82, 2.24) is 68.1 Å². The molecule has 0 bridgehead atoms. The number of nitrogens with one attached hydrogen (secondary N) is 9. The summed E-state index contributed by atoms with van der Waals surface area (Å²) in [6.07, 6.45) is 14.9. The average molecular weight is 1200 g/mol. The molecule has 84 heavy (non-hydrogen) atoms. The molecular formula is C60H109N13O10S. The molecule has 9 fully saturated rings. The van der Waals surface area contributed by atoms with Gasteiger partial charge in [-0.25, -0.2) is 15.4 Å². The molecule has 0 aromatic carbocycles. The second-order valence-electron chi connectivity index (χ2n) is 26.1. The fourth-order valence-corrected chi connectivity index (χ4v) is 16.9. The van der Waals surface area contributed by atoms with Gasteiger partial charge in [0.05, 0.1) is 96.6 Å². The van der Waals surface area contributed by atoms with Gasteiger partial charge >= 0.3 is 0 Å². The van der Waals surface area contributed by atoms with Crippen LogP contribution in [-0.2, 0) is 42.9 Å². The van der Waals surface area contributed by atoms with Crippen LogP contribution in [0.2, 0.25) is 0 Å². The topological polar surface area (TPSA) is 256 Å². The molecule has 9 aliphatic rings. The standard InChI is InChI=1S/C60H109N13O10S/c1-6-41(7-2)50-31-54(73-53(67-50)16-17-65-73)66-46-15-14-45(29-46)61-34-55(75)62-33-47-36-70(69-68-47)18-19-79-20-21-80-22-23-81-24-25-82-26-27-83-52-28-42(57-40(5)64-38-84-57)12-13-43(52)32-63-58(76)51-30-48(74)37-71(51)60(78)56(39(3)4)72-35-44-10-8-9-11-49(44)59(72)77/h39-54,56-57,61,64-69,74H,6-38H2,1-5H3,(H,62,75)(H,63,76)/t40?,42?,43?,44?,45-,46-,47?,48+,49?,50?,51-,52?,53?,54?,56-,57?/m0/s1. The molecular weight excluding hydrogens is 1090 g/mol. The van der Waals surface area contributed by atoms with Crippen molar-refractivity contribution in [3.63, 3.8) is 0 Å². The first kappa shape index (κ1) is 66.1. The molecule has 24 heteroatoms. The lowest BCUT2D eigenvalue weighted by molar-refractivity contribution is -0.149. The van der Waals surface area contributed by atoms with E-state index in [0.29, 0.717) is 146 Å². The van der Waals surface area contributed by atoms with Gasteiger partial charge in [-0.1, -0.05) is 53.4 Å². The number of ether oxygens (including phenoxy) is 5. The van der Waals surface area contributed by atoms with E-state index in [-0.39, 0.29) is 72.4 Å². The molecule has 0 spiro atoms. The zero-order valence-electron chi connectivity index (χ0n) is 51.5. The van der Waals surface area contributed by atoms with Gasteiger partial charge in [-0.3, -0.25) is 35.2 Å². The Labute approximate surface area is 505 Å². The number of amides is 4. The van der Waals surface area contributed by atoms with Crippen molar-refractivity contribution in [2.24, 2.45) is 35.5 Å². The molecule has 480 valence electrons. The molecule has 6 saturated heterocycles. The SMILES string of the molecule is CCC(CC)C1CC(N[C@H]2CC[C@H](NCC(=O)NCC3CN(CCOCCOCCOCCOCCOC4CC(C5SCNC5C)CCC4CNC(=O)[C@@H]4C[C@@H](O)CN4C(=O)[C@H](C(C)C)N4CC5CCCCC5C4=O)NN3)C2)N2NCCC2N1. The summed E-state index contributed by atoms with van der Waals surface area (Å²) in [5.74, 6) is 2.02. The van der Waals surface area contributed by atoms with E-state index in [1.807, 2.05) is 25.6 Å². The van der Waals surface area contributed by atoms with Gasteiger partial charge in [-0.15, -0.1) is 11.8 Å². The van der Waals surface area contributed by atoms with Gasteiger partial charge in [-0.05, 0) is 94.8 Å². The summed E-state index contributed by atoms with van der Waals surface area (Å²) in [6, 6.07) is 0.422. The third-order valence-electron chi connectivity index (χ3n) is 20.1. The van der Waals surface area contributed by atoms with Gasteiger partial charge in [0, 0.05) is 99.4 Å². The molecule has 23 nitrogen and oxygen atoms in total. The number of aliphatic hydroxyl groups excluding tert-OH is 1. The number of aliphatic hydroxyl groups is 1. The van der Waals surface area contributed by atoms with Crippen LogP contribution in [0.4, 0.5) is 0 Å². The highest BCUT2D eigenvalue weighted by Gasteiger charge is 2.50. The minimum Gasteiger partial charge on any atom is -0.391 e. The molecule has 4 amide bonds. The molecule has 9 rings (SSSR count). The largest absolute Gasteiger partial charge is 0.391 e. The molecule has 3 saturated carbocycles. The lowest BCUT2D eigenvalue weighted by atomic mass is 9.77. The van der Waals surface area contributed by atoms with Crippen LogP contribution in [-0.4, -0.2) is 238 Å². The van der Waals surface area contributed by atoms with E-state index in [9.17, 15) is 24.3 Å². The predicted octanol–water partition coefficient (Wildman–Crippen LogP) is 1.23. The summed E-state index contributed by atoms with van der Waals surface area (Å²) >= 11 is 1.98. The third-order valence-corrected chi connectivity index (χ3v) is 21.6. The van der Waals surface area contributed by atoms with Crippen molar-refractivity contribution in [3.05, 3.63) is 0 Å². The van der Waals surface area contributed by atoms with E-state index in [1.54, 1.807) is 9.80 Å². The van der Waals surface area contributed by atoms with Crippen LogP contribution in [0.3, 0.4) is 0 Å². The first-order chi connectivity index (χ1) is 40.9. The summed E-state index contributed by atoms with van der Waals surface area (Å²) in [6.45, 7) is 19.5. The van der Waals surface area contributed by atoms with Crippen molar-refractivity contribution >= 4 is 35.4 Å².